The Morgan fingerprint density at radius 3 is 2.53 bits per heavy atom. The van der Waals surface area contributed by atoms with Crippen molar-refractivity contribution in [2.45, 2.75) is 30.2 Å². The van der Waals surface area contributed by atoms with Crippen molar-refractivity contribution in [3.05, 3.63) is 81.2 Å². The normalized spacial score (nSPS) is 14.2. The Balaban J connectivity index is 1.72. The van der Waals surface area contributed by atoms with Gasteiger partial charge in [-0.2, -0.15) is 0 Å². The first-order valence-electron chi connectivity index (χ1n) is 11.7. The summed E-state index contributed by atoms with van der Waals surface area (Å²) in [5.74, 6) is -3.88. The van der Waals surface area contributed by atoms with E-state index in [1.165, 1.54) is 12.3 Å². The van der Waals surface area contributed by atoms with Crippen LogP contribution in [-0.4, -0.2) is 37.6 Å². The van der Waals surface area contributed by atoms with Gasteiger partial charge in [0.1, 0.15) is 4.90 Å². The molecule has 1 amide bonds. The van der Waals surface area contributed by atoms with E-state index >= 15 is 8.78 Å². The molecule has 38 heavy (non-hydrogen) atoms. The zero-order valence-electron chi connectivity index (χ0n) is 20.0. The van der Waals surface area contributed by atoms with Gasteiger partial charge in [0, 0.05) is 22.1 Å². The molecule has 3 aromatic rings. The fourth-order valence-electron chi connectivity index (χ4n) is 3.57. The van der Waals surface area contributed by atoms with E-state index in [4.69, 9.17) is 4.84 Å². The molecule has 13 heteroatoms. The minimum Gasteiger partial charge on any atom is -0.396 e. The highest BCUT2D eigenvalue weighted by molar-refractivity contribution is 14.1. The molecule has 9 nitrogen and oxygen atoms in total. The molecule has 1 saturated carbocycles. The first kappa shape index (κ1) is 28.3. The summed E-state index contributed by atoms with van der Waals surface area (Å²) in [5, 5.41) is 12.1. The van der Waals surface area contributed by atoms with Gasteiger partial charge in [0.25, 0.3) is 5.91 Å². The van der Waals surface area contributed by atoms with Crippen LogP contribution in [0.25, 0.3) is 0 Å². The molecule has 2 aromatic carbocycles. The van der Waals surface area contributed by atoms with Gasteiger partial charge in [-0.05, 0) is 90.2 Å². The third kappa shape index (κ3) is 7.02. The van der Waals surface area contributed by atoms with Crippen molar-refractivity contribution in [3.63, 3.8) is 0 Å². The average Bonchev–Trinajstić information content (AvgIpc) is 3.72. The number of aliphatic hydroxyl groups excluding tert-OH is 1. The Morgan fingerprint density at radius 2 is 1.89 bits per heavy atom. The third-order valence-electron chi connectivity index (χ3n) is 5.76. The number of hydrogen-bond acceptors (Lipinski definition) is 7. The number of nitrogens with zero attached hydrogens (tertiary/aromatic N) is 1. The summed E-state index contributed by atoms with van der Waals surface area (Å²) in [6, 6.07) is 11.1. The summed E-state index contributed by atoms with van der Waals surface area (Å²) >= 11 is 2.08. The van der Waals surface area contributed by atoms with Crippen molar-refractivity contribution < 1.29 is 31.9 Å². The number of aromatic nitrogens is 1. The van der Waals surface area contributed by atoms with E-state index in [1.807, 2.05) is 0 Å². The summed E-state index contributed by atoms with van der Waals surface area (Å²) < 4.78 is 60.4. The van der Waals surface area contributed by atoms with Gasteiger partial charge in [0.15, 0.2) is 11.6 Å². The number of hydrogen-bond donors (Lipinski definition) is 4. The lowest BCUT2D eigenvalue weighted by atomic mass is 10.1. The topological polar surface area (TPSA) is 130 Å². The van der Waals surface area contributed by atoms with Crippen LogP contribution < -0.4 is 15.5 Å². The number of nitrogens with one attached hydrogen (secondary N) is 3. The van der Waals surface area contributed by atoms with Crippen molar-refractivity contribution in [2.24, 2.45) is 5.92 Å². The second-order valence-corrected chi connectivity index (χ2v) is 11.6. The SMILES string of the molecule is O=C(NOCC1CC1)c1cc(S(=O)(=O)NC(CCO)c2ccccn2)c(F)c(F)c1Nc1ccc(I)cc1. The Labute approximate surface area is 232 Å². The summed E-state index contributed by atoms with van der Waals surface area (Å²) in [6.45, 7) is -0.152. The molecule has 1 unspecified atom stereocenters. The number of hydroxylamine groups is 1. The Bertz CT molecular complexity index is 1390. The standard InChI is InChI=1S/C25H25F2IN4O5S/c26-22-21(38(35,36)32-20(10-12-33)19-3-1-2-11-29-19)13-18(25(34)31-37-14-15-4-5-15)24(23(22)27)30-17-8-6-16(28)7-9-17/h1-3,6-9,11,13,15,20,30,32-33H,4-5,10,12,14H2,(H,31,34). The van der Waals surface area contributed by atoms with E-state index < -0.39 is 56.4 Å². The van der Waals surface area contributed by atoms with Gasteiger partial charge >= 0.3 is 0 Å². The van der Waals surface area contributed by atoms with Crippen LogP contribution in [0.2, 0.25) is 0 Å². The van der Waals surface area contributed by atoms with Crippen molar-refractivity contribution in [1.29, 1.82) is 0 Å². The summed E-state index contributed by atoms with van der Waals surface area (Å²) in [7, 11) is -4.72. The van der Waals surface area contributed by atoms with Crippen LogP contribution in [0.15, 0.2) is 59.6 Å². The molecular weight excluding hydrogens is 633 g/mol. The zero-order chi connectivity index (χ0) is 27.3. The number of aliphatic hydroxyl groups is 1. The number of pyridine rings is 1. The predicted octanol–water partition coefficient (Wildman–Crippen LogP) is 4.18. The molecule has 0 radical (unpaired) electrons. The van der Waals surface area contributed by atoms with Gasteiger partial charge in [0.2, 0.25) is 10.0 Å². The third-order valence-corrected chi connectivity index (χ3v) is 7.95. The quantitative estimate of drug-likeness (QED) is 0.170. The Kier molecular flexibility index (Phi) is 9.25. The zero-order valence-corrected chi connectivity index (χ0v) is 22.9. The first-order chi connectivity index (χ1) is 18.2. The highest BCUT2D eigenvalue weighted by Crippen LogP contribution is 2.32. The van der Waals surface area contributed by atoms with Crippen LogP contribution in [0.1, 0.15) is 41.4 Å². The average molecular weight is 658 g/mol. The monoisotopic (exact) mass is 658 g/mol. The van der Waals surface area contributed by atoms with E-state index in [2.05, 4.69) is 43.1 Å². The molecule has 4 N–H and O–H groups in total. The lowest BCUT2D eigenvalue weighted by Crippen LogP contribution is -2.32. The number of sulfonamides is 1. The van der Waals surface area contributed by atoms with Crippen molar-refractivity contribution in [3.8, 4) is 0 Å². The number of rotatable bonds is 12. The van der Waals surface area contributed by atoms with Crippen LogP contribution in [0.3, 0.4) is 0 Å². The first-order valence-corrected chi connectivity index (χ1v) is 14.3. The van der Waals surface area contributed by atoms with Crippen LogP contribution in [0, 0.1) is 21.1 Å². The summed E-state index contributed by atoms with van der Waals surface area (Å²) in [6.07, 6.45) is 3.28. The lowest BCUT2D eigenvalue weighted by Gasteiger charge is -2.20. The molecule has 0 saturated heterocycles. The predicted molar refractivity (Wildman–Crippen MR) is 144 cm³/mol. The van der Waals surface area contributed by atoms with Crippen LogP contribution in [0.4, 0.5) is 20.2 Å². The van der Waals surface area contributed by atoms with Crippen molar-refractivity contribution in [2.75, 3.05) is 18.5 Å². The highest BCUT2D eigenvalue weighted by atomic mass is 127. The van der Waals surface area contributed by atoms with Gasteiger partial charge < -0.3 is 10.4 Å². The number of carbonyl (C=O) groups excluding carboxylic acids is 1. The van der Waals surface area contributed by atoms with Gasteiger partial charge in [0.05, 0.1) is 29.6 Å². The number of amides is 1. The fraction of sp³-hybridized carbons (Fsp3) is 0.280. The summed E-state index contributed by atoms with van der Waals surface area (Å²) in [4.78, 5) is 21.2. The van der Waals surface area contributed by atoms with Crippen LogP contribution in [-0.2, 0) is 14.9 Å². The maximum Gasteiger partial charge on any atom is 0.277 e. The summed E-state index contributed by atoms with van der Waals surface area (Å²) in [5.41, 5.74) is 1.79. The van der Waals surface area contributed by atoms with E-state index in [0.29, 0.717) is 11.6 Å². The Morgan fingerprint density at radius 1 is 1.16 bits per heavy atom. The molecule has 1 atom stereocenters. The molecule has 0 spiro atoms. The minimum absolute atomic E-state index is 0.0743. The maximum absolute atomic E-state index is 15.4. The molecular formula is C25H25F2IN4O5S. The minimum atomic E-state index is -4.72. The van der Waals surface area contributed by atoms with E-state index in [0.717, 1.165) is 22.5 Å². The van der Waals surface area contributed by atoms with Gasteiger partial charge in [-0.3, -0.25) is 14.6 Å². The maximum atomic E-state index is 15.4. The second-order valence-electron chi connectivity index (χ2n) is 8.68. The van der Waals surface area contributed by atoms with E-state index in [1.54, 1.807) is 36.4 Å². The van der Waals surface area contributed by atoms with E-state index in [9.17, 15) is 18.3 Å². The molecule has 202 valence electrons. The van der Waals surface area contributed by atoms with Gasteiger partial charge in [-0.1, -0.05) is 6.07 Å². The molecule has 1 aliphatic rings. The smallest absolute Gasteiger partial charge is 0.277 e. The molecule has 1 aromatic heterocycles. The number of anilines is 2. The van der Waals surface area contributed by atoms with Crippen LogP contribution >= 0.6 is 22.6 Å². The Hall–Kier alpha value is -2.72. The van der Waals surface area contributed by atoms with Gasteiger partial charge in [-0.25, -0.2) is 27.4 Å². The second kappa shape index (κ2) is 12.4. The van der Waals surface area contributed by atoms with Crippen molar-refractivity contribution >= 4 is 49.9 Å². The van der Waals surface area contributed by atoms with Crippen molar-refractivity contribution in [1.82, 2.24) is 15.2 Å². The molecule has 1 fully saturated rings. The highest BCUT2D eigenvalue weighted by Gasteiger charge is 2.31. The number of halogens is 3. The lowest BCUT2D eigenvalue weighted by molar-refractivity contribution is 0.0270. The molecule has 4 rings (SSSR count). The largest absolute Gasteiger partial charge is 0.396 e. The van der Waals surface area contributed by atoms with Crippen LogP contribution in [0.5, 0.6) is 0 Å². The molecule has 1 heterocycles. The molecule has 0 bridgehead atoms. The number of benzene rings is 2. The van der Waals surface area contributed by atoms with E-state index in [-0.39, 0.29) is 18.7 Å². The molecule has 0 aliphatic heterocycles. The van der Waals surface area contributed by atoms with Gasteiger partial charge in [-0.15, -0.1) is 0 Å². The molecule has 1 aliphatic carbocycles. The fourth-order valence-corrected chi connectivity index (χ4v) is 5.27. The number of carbonyl (C=O) groups is 1.